The zero-order valence-corrected chi connectivity index (χ0v) is 16.7. The van der Waals surface area contributed by atoms with E-state index in [1.165, 1.54) is 0 Å². The Balaban J connectivity index is 1.82. The first-order chi connectivity index (χ1) is 12.9. The minimum absolute atomic E-state index is 0.172. The van der Waals surface area contributed by atoms with Gasteiger partial charge in [0.25, 0.3) is 5.91 Å². The molecule has 0 fully saturated rings. The lowest BCUT2D eigenvalue weighted by molar-refractivity contribution is 0.100. The number of anilines is 1. The number of amides is 1. The molecule has 0 radical (unpaired) electrons. The Morgan fingerprint density at radius 2 is 2.19 bits per heavy atom. The van der Waals surface area contributed by atoms with E-state index in [4.69, 9.17) is 19.9 Å². The third kappa shape index (κ3) is 2.80. The van der Waals surface area contributed by atoms with Crippen LogP contribution >= 0.6 is 11.3 Å². The molecule has 1 aromatic carbocycles. The molecule has 0 bridgehead atoms. The van der Waals surface area contributed by atoms with Crippen LogP contribution in [-0.4, -0.2) is 38.3 Å². The normalized spacial score (nSPS) is 18.3. The maximum absolute atomic E-state index is 12.0. The van der Waals surface area contributed by atoms with Crippen LogP contribution in [0.1, 0.15) is 38.1 Å². The lowest BCUT2D eigenvalue weighted by atomic mass is 9.95. The van der Waals surface area contributed by atoms with E-state index in [1.54, 1.807) is 18.4 Å². The molecule has 4 rings (SSSR count). The summed E-state index contributed by atoms with van der Waals surface area (Å²) in [6.45, 7) is 4.98. The number of fused-ring (bicyclic) bond motifs is 2. The number of hydrogen-bond acceptors (Lipinski definition) is 7. The molecule has 3 heterocycles. The lowest BCUT2D eigenvalue weighted by Crippen LogP contribution is -2.37. The monoisotopic (exact) mass is 389 g/mol. The van der Waals surface area contributed by atoms with Crippen LogP contribution in [0.25, 0.3) is 0 Å². The molecule has 1 aromatic heterocycles. The number of carbonyl (C=O) groups is 1. The predicted molar refractivity (Wildman–Crippen MR) is 104 cm³/mol. The van der Waals surface area contributed by atoms with Gasteiger partial charge in [0.15, 0.2) is 11.5 Å². The molecule has 2 aliphatic heterocycles. The summed E-state index contributed by atoms with van der Waals surface area (Å²) in [5.41, 5.74) is 9.28. The van der Waals surface area contributed by atoms with Crippen LogP contribution in [0.3, 0.4) is 0 Å². The number of thiophene rings is 1. The molecule has 2 aromatic rings. The van der Waals surface area contributed by atoms with Gasteiger partial charge in [-0.15, -0.1) is 11.3 Å². The quantitative estimate of drug-likeness (QED) is 0.836. The molecule has 7 nitrogen and oxygen atoms in total. The maximum atomic E-state index is 12.0. The first kappa shape index (κ1) is 17.9. The van der Waals surface area contributed by atoms with Crippen molar-refractivity contribution in [3.05, 3.63) is 33.2 Å². The van der Waals surface area contributed by atoms with E-state index < -0.39 is 5.91 Å². The second-order valence-corrected chi connectivity index (χ2v) is 8.07. The van der Waals surface area contributed by atoms with Crippen molar-refractivity contribution < 1.29 is 19.0 Å². The summed E-state index contributed by atoms with van der Waals surface area (Å²) < 4.78 is 16.9. The van der Waals surface area contributed by atoms with Crippen molar-refractivity contribution in [1.82, 2.24) is 4.90 Å². The highest BCUT2D eigenvalue weighted by Gasteiger charge is 2.35. The molecule has 0 aliphatic carbocycles. The number of aryl methyl sites for hydroxylation is 1. The molecule has 3 N–H and O–H groups in total. The summed E-state index contributed by atoms with van der Waals surface area (Å²) in [6, 6.07) is 2.03. The van der Waals surface area contributed by atoms with Crippen LogP contribution in [-0.2, 0) is 6.42 Å². The second-order valence-electron chi connectivity index (χ2n) is 6.85. The van der Waals surface area contributed by atoms with Gasteiger partial charge in [-0.1, -0.05) is 0 Å². The van der Waals surface area contributed by atoms with Crippen molar-refractivity contribution in [2.24, 2.45) is 5.73 Å². The molecule has 1 atom stereocenters. The Morgan fingerprint density at radius 1 is 1.41 bits per heavy atom. The number of nitrogens with two attached hydrogens (primary N) is 1. The molecule has 1 amide bonds. The number of methoxy groups -OCH3 is 1. The number of hydrogen-bond donors (Lipinski definition) is 2. The van der Waals surface area contributed by atoms with Gasteiger partial charge < -0.3 is 25.3 Å². The maximum Gasteiger partial charge on any atom is 0.251 e. The molecule has 144 valence electrons. The Hall–Kier alpha value is -2.45. The first-order valence-electron chi connectivity index (χ1n) is 8.78. The fourth-order valence-corrected chi connectivity index (χ4v) is 4.85. The molecule has 8 heteroatoms. The summed E-state index contributed by atoms with van der Waals surface area (Å²) in [4.78, 5) is 15.3. The average molecular weight is 389 g/mol. The highest BCUT2D eigenvalue weighted by atomic mass is 32.1. The SMILES string of the molecule is COc1c2c(cc3c1[C@@H](Nc1sc(C)c(C)c1C(N)=O)N(C)CC3)OCO2. The molecular weight excluding hydrogens is 366 g/mol. The molecule has 0 unspecified atom stereocenters. The van der Waals surface area contributed by atoms with Crippen LogP contribution in [0, 0.1) is 13.8 Å². The molecule has 0 saturated carbocycles. The summed E-state index contributed by atoms with van der Waals surface area (Å²) in [6.07, 6.45) is 0.705. The first-order valence-corrected chi connectivity index (χ1v) is 9.60. The van der Waals surface area contributed by atoms with Gasteiger partial charge >= 0.3 is 0 Å². The lowest BCUT2D eigenvalue weighted by Gasteiger charge is -2.36. The average Bonchev–Trinajstić information content (AvgIpc) is 3.20. The Bertz CT molecular complexity index is 924. The number of carbonyl (C=O) groups excluding carboxylic acids is 1. The van der Waals surface area contributed by atoms with Gasteiger partial charge in [-0.05, 0) is 44.5 Å². The van der Waals surface area contributed by atoms with Crippen molar-refractivity contribution in [3.63, 3.8) is 0 Å². The number of ether oxygens (including phenoxy) is 3. The van der Waals surface area contributed by atoms with E-state index in [0.717, 1.165) is 45.3 Å². The highest BCUT2D eigenvalue weighted by Crippen LogP contribution is 2.50. The van der Waals surface area contributed by atoms with Gasteiger partial charge in [-0.25, -0.2) is 0 Å². The number of rotatable bonds is 4. The van der Waals surface area contributed by atoms with E-state index in [2.05, 4.69) is 10.2 Å². The zero-order valence-electron chi connectivity index (χ0n) is 15.8. The number of primary amides is 1. The predicted octanol–water partition coefficient (Wildman–Crippen LogP) is 2.80. The van der Waals surface area contributed by atoms with Crippen LogP contribution in [0.4, 0.5) is 5.00 Å². The van der Waals surface area contributed by atoms with Gasteiger partial charge in [0.1, 0.15) is 11.2 Å². The zero-order chi connectivity index (χ0) is 19.3. The van der Waals surface area contributed by atoms with Crippen molar-refractivity contribution in [1.29, 1.82) is 0 Å². The Morgan fingerprint density at radius 3 is 2.89 bits per heavy atom. The van der Waals surface area contributed by atoms with E-state index in [0.29, 0.717) is 17.1 Å². The summed E-state index contributed by atoms with van der Waals surface area (Å²) in [7, 11) is 3.68. The van der Waals surface area contributed by atoms with E-state index in [9.17, 15) is 4.79 Å². The van der Waals surface area contributed by atoms with Crippen LogP contribution in [0.15, 0.2) is 6.07 Å². The molecular formula is C19H23N3O4S. The van der Waals surface area contributed by atoms with Crippen molar-refractivity contribution >= 4 is 22.2 Å². The summed E-state index contributed by atoms with van der Waals surface area (Å²) in [5.74, 6) is 1.60. The molecule has 2 aliphatic rings. The third-order valence-corrected chi connectivity index (χ3v) is 6.43. The topological polar surface area (TPSA) is 86.0 Å². The fraction of sp³-hybridized carbons (Fsp3) is 0.421. The van der Waals surface area contributed by atoms with Crippen LogP contribution in [0.5, 0.6) is 17.2 Å². The molecule has 27 heavy (non-hydrogen) atoms. The van der Waals surface area contributed by atoms with Crippen molar-refractivity contribution in [2.45, 2.75) is 26.4 Å². The minimum atomic E-state index is -0.421. The summed E-state index contributed by atoms with van der Waals surface area (Å²) in [5, 5.41) is 4.31. The smallest absolute Gasteiger partial charge is 0.251 e. The fourth-order valence-electron chi connectivity index (χ4n) is 3.76. The highest BCUT2D eigenvalue weighted by molar-refractivity contribution is 7.16. The minimum Gasteiger partial charge on any atom is -0.492 e. The van der Waals surface area contributed by atoms with Gasteiger partial charge in [-0.2, -0.15) is 0 Å². The van der Waals surface area contributed by atoms with Gasteiger partial charge in [0, 0.05) is 17.0 Å². The Labute approximate surface area is 162 Å². The van der Waals surface area contributed by atoms with Crippen molar-refractivity contribution in [3.8, 4) is 17.2 Å². The third-order valence-electron chi connectivity index (χ3n) is 5.30. The molecule has 0 saturated heterocycles. The summed E-state index contributed by atoms with van der Waals surface area (Å²) >= 11 is 1.54. The van der Waals surface area contributed by atoms with Crippen LogP contribution in [0.2, 0.25) is 0 Å². The number of benzene rings is 1. The van der Waals surface area contributed by atoms with E-state index in [1.807, 2.05) is 27.0 Å². The number of nitrogens with zero attached hydrogens (tertiary/aromatic N) is 1. The van der Waals surface area contributed by atoms with Gasteiger partial charge in [0.05, 0.1) is 12.7 Å². The van der Waals surface area contributed by atoms with Gasteiger partial charge in [0.2, 0.25) is 12.5 Å². The molecule has 0 spiro atoms. The van der Waals surface area contributed by atoms with Gasteiger partial charge in [-0.3, -0.25) is 9.69 Å². The number of likely N-dealkylation sites (N-methyl/N-ethyl adjacent to an activating group) is 1. The van der Waals surface area contributed by atoms with E-state index >= 15 is 0 Å². The van der Waals surface area contributed by atoms with Crippen molar-refractivity contribution in [2.75, 3.05) is 32.8 Å². The van der Waals surface area contributed by atoms with Crippen LogP contribution < -0.4 is 25.3 Å². The number of nitrogens with one attached hydrogen (secondary N) is 1. The second kappa shape index (κ2) is 6.61. The van der Waals surface area contributed by atoms with E-state index in [-0.39, 0.29) is 13.0 Å². The Kier molecular flexibility index (Phi) is 4.39. The largest absolute Gasteiger partial charge is 0.492 e. The standard InChI is InChI=1S/C19H23N3O4S/c1-9-10(2)27-19(13(9)17(20)23)21-18-14-11(5-6-22(18)3)7-12-15(16(14)24-4)26-8-25-12/h7,18,21H,5-6,8H2,1-4H3,(H2,20,23)/t18-/m0/s1.